The van der Waals surface area contributed by atoms with E-state index in [1.54, 1.807) is 24.3 Å². The van der Waals surface area contributed by atoms with E-state index in [0.29, 0.717) is 11.3 Å². The van der Waals surface area contributed by atoms with Crippen molar-refractivity contribution >= 4 is 49.8 Å². The normalized spacial score (nSPS) is 12.9. The summed E-state index contributed by atoms with van der Waals surface area (Å²) in [7, 11) is -7.47. The third kappa shape index (κ3) is 10.7. The SMILES string of the molecule is COc1ccc(-c2nc(-c3cccc(OCC(O)CS(=O)(=O)O)c3O)nc(-c3cccc(OCC(O)CS(=O)(=O)O)c3O)n2)cc1.[NaH]. The van der Waals surface area contributed by atoms with Crippen LogP contribution >= 0.6 is 0 Å². The van der Waals surface area contributed by atoms with Crippen LogP contribution in [0.4, 0.5) is 0 Å². The molecule has 248 valence electrons. The first-order valence-electron chi connectivity index (χ1n) is 13.2. The summed E-state index contributed by atoms with van der Waals surface area (Å²) in [4.78, 5) is 13.4. The molecule has 2 unspecified atom stereocenters. The maximum atomic E-state index is 11.0. The van der Waals surface area contributed by atoms with Crippen LogP contribution in [0.2, 0.25) is 0 Å². The molecule has 0 aliphatic rings. The number of para-hydroxylation sites is 2. The Morgan fingerprint density at radius 1 is 0.660 bits per heavy atom. The molecule has 0 aliphatic carbocycles. The van der Waals surface area contributed by atoms with E-state index in [1.165, 1.54) is 43.5 Å². The van der Waals surface area contributed by atoms with Gasteiger partial charge in [-0.3, -0.25) is 9.11 Å². The second-order valence-electron chi connectivity index (χ2n) is 9.77. The summed E-state index contributed by atoms with van der Waals surface area (Å²) < 4.78 is 78.0. The first-order valence-corrected chi connectivity index (χ1v) is 16.4. The number of aromatic hydroxyl groups is 2. The fraction of sp³-hybridized carbons (Fsp3) is 0.250. The molecule has 4 rings (SSSR count). The monoisotopic (exact) mass is 703 g/mol. The zero-order valence-corrected chi connectivity index (χ0v) is 25.6. The van der Waals surface area contributed by atoms with Crippen LogP contribution in [0.15, 0.2) is 60.7 Å². The van der Waals surface area contributed by atoms with Crippen molar-refractivity contribution in [2.75, 3.05) is 31.8 Å². The Bertz CT molecular complexity index is 1800. The van der Waals surface area contributed by atoms with E-state index in [1.807, 2.05) is 0 Å². The predicted octanol–water partition coefficient (Wildman–Crippen LogP) is 0.899. The van der Waals surface area contributed by atoms with Gasteiger partial charge in [-0.25, -0.2) is 15.0 Å². The van der Waals surface area contributed by atoms with E-state index in [9.17, 15) is 37.3 Å². The Morgan fingerprint density at radius 3 is 1.45 bits per heavy atom. The zero-order chi connectivity index (χ0) is 33.6. The molecule has 6 N–H and O–H groups in total. The van der Waals surface area contributed by atoms with E-state index < -0.39 is 68.7 Å². The minimum atomic E-state index is -4.48. The summed E-state index contributed by atoms with van der Waals surface area (Å²) >= 11 is 0. The molecule has 2 atom stereocenters. The Morgan fingerprint density at radius 2 is 1.06 bits per heavy atom. The summed E-state index contributed by atoms with van der Waals surface area (Å²) in [5.74, 6) is -2.78. The van der Waals surface area contributed by atoms with Crippen LogP contribution in [0.3, 0.4) is 0 Å². The van der Waals surface area contributed by atoms with Crippen LogP contribution in [0.1, 0.15) is 0 Å². The van der Waals surface area contributed by atoms with Gasteiger partial charge in [0.2, 0.25) is 0 Å². The fourth-order valence-electron chi connectivity index (χ4n) is 4.08. The van der Waals surface area contributed by atoms with Gasteiger partial charge in [-0.15, -0.1) is 0 Å². The third-order valence-corrected chi connectivity index (χ3v) is 7.74. The molecule has 3 aromatic carbocycles. The number of aliphatic hydroxyl groups excluding tert-OH is 2. The molecule has 0 aliphatic heterocycles. The molecule has 0 spiro atoms. The molecule has 19 heteroatoms. The minimum absolute atomic E-state index is 0. The third-order valence-electron chi connectivity index (χ3n) is 6.13. The molecule has 0 bridgehead atoms. The molecule has 47 heavy (non-hydrogen) atoms. The molecule has 0 fully saturated rings. The van der Waals surface area contributed by atoms with Crippen molar-refractivity contribution in [3.63, 3.8) is 0 Å². The van der Waals surface area contributed by atoms with Crippen LogP contribution in [-0.4, -0.2) is 135 Å². The summed E-state index contributed by atoms with van der Waals surface area (Å²) in [5.41, 5.74) is 0.548. The van der Waals surface area contributed by atoms with E-state index in [4.69, 9.17) is 23.3 Å². The van der Waals surface area contributed by atoms with Gasteiger partial charge in [0.05, 0.1) is 18.2 Å². The average Bonchev–Trinajstić information content (AvgIpc) is 2.98. The topological polar surface area (TPSA) is 256 Å². The number of phenolic OH excluding ortho intramolecular Hbond substituents is 2. The van der Waals surface area contributed by atoms with Gasteiger partial charge in [0.15, 0.2) is 40.5 Å². The Hall–Kier alpha value is -3.59. The van der Waals surface area contributed by atoms with Crippen molar-refractivity contribution in [1.82, 2.24) is 15.0 Å². The number of phenols is 2. The number of hydrogen-bond donors (Lipinski definition) is 6. The first kappa shape index (κ1) is 37.9. The van der Waals surface area contributed by atoms with Gasteiger partial charge in [-0.2, -0.15) is 16.8 Å². The van der Waals surface area contributed by atoms with E-state index in [0.717, 1.165) is 0 Å². The second kappa shape index (κ2) is 16.0. The van der Waals surface area contributed by atoms with Crippen molar-refractivity contribution < 1.29 is 60.6 Å². The van der Waals surface area contributed by atoms with Gasteiger partial charge < -0.3 is 34.6 Å². The molecular weight excluding hydrogens is 673 g/mol. The summed E-state index contributed by atoms with van der Waals surface area (Å²) in [5, 5.41) is 41.8. The van der Waals surface area contributed by atoms with Crippen molar-refractivity contribution in [2.24, 2.45) is 0 Å². The number of nitrogens with zero attached hydrogens (tertiary/aromatic N) is 3. The van der Waals surface area contributed by atoms with Crippen LogP contribution in [-0.2, 0) is 20.2 Å². The fourth-order valence-corrected chi connectivity index (χ4v) is 5.24. The van der Waals surface area contributed by atoms with Crippen molar-refractivity contribution in [3.8, 4) is 62.9 Å². The van der Waals surface area contributed by atoms with Crippen molar-refractivity contribution in [1.29, 1.82) is 0 Å². The summed E-state index contributed by atoms with van der Waals surface area (Å²) in [6.07, 6.45) is -3.20. The van der Waals surface area contributed by atoms with Gasteiger partial charge in [-0.1, -0.05) is 12.1 Å². The Balaban J connectivity index is 0.00000600. The molecular formula is C28H30N3NaO13S2. The number of methoxy groups -OCH3 is 1. The average molecular weight is 704 g/mol. The first-order chi connectivity index (χ1) is 21.6. The number of rotatable bonds is 14. The molecule has 0 saturated heterocycles. The van der Waals surface area contributed by atoms with E-state index >= 15 is 0 Å². The van der Waals surface area contributed by atoms with Gasteiger partial charge >= 0.3 is 29.6 Å². The van der Waals surface area contributed by atoms with Crippen molar-refractivity contribution in [3.05, 3.63) is 60.7 Å². The van der Waals surface area contributed by atoms with Gasteiger partial charge in [0, 0.05) is 5.56 Å². The zero-order valence-electron chi connectivity index (χ0n) is 24.0. The molecule has 16 nitrogen and oxygen atoms in total. The Labute approximate surface area is 291 Å². The second-order valence-corrected chi connectivity index (χ2v) is 12.8. The van der Waals surface area contributed by atoms with Gasteiger partial charge in [0.25, 0.3) is 20.2 Å². The van der Waals surface area contributed by atoms with Crippen LogP contribution < -0.4 is 14.2 Å². The summed E-state index contributed by atoms with van der Waals surface area (Å²) in [6, 6.07) is 15.2. The molecule has 4 aromatic rings. The standard InChI is InChI=1S/C28H29N3O13S2.Na.H/c1-42-19-10-8-16(9-11-19)26-29-27(20-4-2-6-22(24(20)34)43-12-17(32)14-45(36,37)38)31-28(30-26)21-5-3-7-23(25(21)35)44-13-18(33)15-46(39,40)41;;/h2-11,17-18,32-35H,12-15H2,1H3,(H,36,37,38)(H,39,40,41);;. The molecule has 0 saturated carbocycles. The number of hydrogen-bond acceptors (Lipinski definition) is 14. The van der Waals surface area contributed by atoms with E-state index in [-0.39, 0.29) is 69.7 Å². The Kier molecular flexibility index (Phi) is 12.9. The molecule has 0 amide bonds. The maximum absolute atomic E-state index is 11.0. The number of aromatic nitrogens is 3. The van der Waals surface area contributed by atoms with Gasteiger partial charge in [0.1, 0.15) is 42.7 Å². The molecule has 0 radical (unpaired) electrons. The predicted molar refractivity (Wildman–Crippen MR) is 169 cm³/mol. The number of aliphatic hydroxyl groups is 2. The number of benzene rings is 3. The summed E-state index contributed by atoms with van der Waals surface area (Å²) in [6.45, 7) is -1.17. The van der Waals surface area contributed by atoms with Crippen molar-refractivity contribution in [2.45, 2.75) is 12.2 Å². The van der Waals surface area contributed by atoms with Crippen LogP contribution in [0, 0.1) is 0 Å². The quantitative estimate of drug-likeness (QED) is 0.0788. The van der Waals surface area contributed by atoms with E-state index in [2.05, 4.69) is 15.0 Å². The molecule has 1 heterocycles. The van der Waals surface area contributed by atoms with Crippen LogP contribution in [0.25, 0.3) is 34.2 Å². The number of ether oxygens (including phenoxy) is 3. The van der Waals surface area contributed by atoms with Crippen LogP contribution in [0.5, 0.6) is 28.7 Å². The van der Waals surface area contributed by atoms with Gasteiger partial charge in [-0.05, 0) is 48.5 Å². The molecule has 1 aromatic heterocycles.